The summed E-state index contributed by atoms with van der Waals surface area (Å²) in [5.74, 6) is 2.23. The number of rotatable bonds is 5. The number of carbonyl (C=O) groups excluding carboxylic acids is 1. The highest BCUT2D eigenvalue weighted by Gasteiger charge is 2.28. The van der Waals surface area contributed by atoms with Gasteiger partial charge in [-0.25, -0.2) is 0 Å². The van der Waals surface area contributed by atoms with E-state index in [1.54, 1.807) is 11.3 Å². The third kappa shape index (κ3) is 3.80. The summed E-state index contributed by atoms with van der Waals surface area (Å²) in [5, 5.41) is 14.3. The number of aryl methyl sites for hydroxylation is 2. The van der Waals surface area contributed by atoms with Crippen molar-refractivity contribution in [3.05, 3.63) is 40.4 Å². The highest BCUT2D eigenvalue weighted by atomic mass is 32.1. The second-order valence-electron chi connectivity index (χ2n) is 6.90. The monoisotopic (exact) mass is 386 g/mol. The fraction of sp³-hybridized carbons (Fsp3) is 0.474. The molecule has 1 fully saturated rings. The van der Waals surface area contributed by atoms with E-state index >= 15 is 0 Å². The fourth-order valence-electron chi connectivity index (χ4n) is 3.55. The minimum absolute atomic E-state index is 0.1000. The van der Waals surface area contributed by atoms with Gasteiger partial charge in [0.1, 0.15) is 5.76 Å². The van der Waals surface area contributed by atoms with Gasteiger partial charge >= 0.3 is 0 Å². The molecular weight excluding hydrogens is 364 g/mol. The summed E-state index contributed by atoms with van der Waals surface area (Å²) in [4.78, 5) is 15.6. The number of piperidine rings is 1. The van der Waals surface area contributed by atoms with Crippen molar-refractivity contribution in [3.8, 4) is 10.8 Å². The lowest BCUT2D eigenvalue weighted by Crippen LogP contribution is -2.39. The van der Waals surface area contributed by atoms with Crippen LogP contribution < -0.4 is 0 Å². The van der Waals surface area contributed by atoms with Crippen LogP contribution in [0.5, 0.6) is 0 Å². The molecule has 1 aliphatic heterocycles. The van der Waals surface area contributed by atoms with Gasteiger partial charge in [0.25, 0.3) is 5.89 Å². The number of thiophene rings is 1. The molecule has 0 radical (unpaired) electrons. The Bertz CT molecular complexity index is 896. The summed E-state index contributed by atoms with van der Waals surface area (Å²) >= 11 is 1.58. The van der Waals surface area contributed by atoms with Crippen molar-refractivity contribution in [3.63, 3.8) is 0 Å². The van der Waals surface area contributed by atoms with E-state index in [4.69, 9.17) is 8.94 Å². The normalized spacial score (nSPS) is 17.4. The van der Waals surface area contributed by atoms with Crippen LogP contribution in [0.3, 0.4) is 0 Å². The Hall–Kier alpha value is -2.48. The first-order chi connectivity index (χ1) is 13.1. The number of hydrogen-bond acceptors (Lipinski definition) is 7. The van der Waals surface area contributed by atoms with E-state index in [2.05, 4.69) is 15.4 Å². The van der Waals surface area contributed by atoms with E-state index in [1.807, 2.05) is 36.3 Å². The van der Waals surface area contributed by atoms with Crippen LogP contribution in [0.4, 0.5) is 0 Å². The van der Waals surface area contributed by atoms with E-state index in [0.29, 0.717) is 31.2 Å². The summed E-state index contributed by atoms with van der Waals surface area (Å²) < 4.78 is 11.1. The van der Waals surface area contributed by atoms with Crippen LogP contribution in [0.25, 0.3) is 10.8 Å². The molecule has 1 saturated heterocycles. The van der Waals surface area contributed by atoms with E-state index in [-0.39, 0.29) is 11.8 Å². The SMILES string of the molecule is Cc1noc(C)c1CCC(=O)N1CCC[C@H](c2nnc(-c3cccs3)o2)C1. The number of hydrogen-bond donors (Lipinski definition) is 0. The molecule has 1 amide bonds. The van der Waals surface area contributed by atoms with Gasteiger partial charge in [0.2, 0.25) is 11.8 Å². The Morgan fingerprint density at radius 3 is 3.00 bits per heavy atom. The fourth-order valence-corrected chi connectivity index (χ4v) is 4.20. The summed E-state index contributed by atoms with van der Waals surface area (Å²) in [5.41, 5.74) is 1.90. The number of aromatic nitrogens is 3. The zero-order valence-corrected chi connectivity index (χ0v) is 16.3. The zero-order chi connectivity index (χ0) is 18.8. The first kappa shape index (κ1) is 17.9. The Morgan fingerprint density at radius 1 is 1.37 bits per heavy atom. The predicted octanol–water partition coefficient (Wildman–Crippen LogP) is 3.74. The highest BCUT2D eigenvalue weighted by Crippen LogP contribution is 2.30. The van der Waals surface area contributed by atoms with Crippen LogP contribution in [-0.4, -0.2) is 39.3 Å². The van der Waals surface area contributed by atoms with Crippen LogP contribution in [0.15, 0.2) is 26.5 Å². The molecule has 7 nitrogen and oxygen atoms in total. The summed E-state index contributed by atoms with van der Waals surface area (Å²) in [6.45, 7) is 5.21. The molecule has 0 spiro atoms. The van der Waals surface area contributed by atoms with Crippen LogP contribution in [0.2, 0.25) is 0 Å². The van der Waals surface area contributed by atoms with E-state index in [0.717, 1.165) is 41.3 Å². The van der Waals surface area contributed by atoms with Gasteiger partial charge in [0.15, 0.2) is 0 Å². The molecule has 1 atom stereocenters. The topological polar surface area (TPSA) is 85.3 Å². The molecule has 0 bridgehead atoms. The van der Waals surface area contributed by atoms with Crippen LogP contribution in [0, 0.1) is 13.8 Å². The minimum atomic E-state index is 0.1000. The van der Waals surface area contributed by atoms with E-state index in [1.165, 1.54) is 0 Å². The van der Waals surface area contributed by atoms with Crippen molar-refractivity contribution >= 4 is 17.2 Å². The Labute approximate surface area is 161 Å². The van der Waals surface area contributed by atoms with Crippen molar-refractivity contribution < 1.29 is 13.7 Å². The van der Waals surface area contributed by atoms with Crippen LogP contribution in [-0.2, 0) is 11.2 Å². The maximum atomic E-state index is 12.7. The summed E-state index contributed by atoms with van der Waals surface area (Å²) in [7, 11) is 0. The molecule has 3 aromatic heterocycles. The largest absolute Gasteiger partial charge is 0.420 e. The molecule has 142 valence electrons. The highest BCUT2D eigenvalue weighted by molar-refractivity contribution is 7.13. The molecule has 8 heteroatoms. The third-order valence-electron chi connectivity index (χ3n) is 5.07. The molecule has 4 heterocycles. The van der Waals surface area contributed by atoms with Gasteiger partial charge in [0, 0.05) is 25.1 Å². The van der Waals surface area contributed by atoms with Gasteiger partial charge in [0.05, 0.1) is 16.5 Å². The molecule has 1 aliphatic rings. The molecule has 3 aromatic rings. The number of nitrogens with zero attached hydrogens (tertiary/aromatic N) is 4. The van der Waals surface area contributed by atoms with Gasteiger partial charge < -0.3 is 13.8 Å². The number of amides is 1. The predicted molar refractivity (Wildman–Crippen MR) is 100 cm³/mol. The second-order valence-corrected chi connectivity index (χ2v) is 7.85. The Morgan fingerprint density at radius 2 is 2.26 bits per heavy atom. The quantitative estimate of drug-likeness (QED) is 0.664. The Balaban J connectivity index is 1.38. The third-order valence-corrected chi connectivity index (χ3v) is 5.92. The lowest BCUT2D eigenvalue weighted by atomic mass is 9.97. The first-order valence-electron chi connectivity index (χ1n) is 9.18. The average molecular weight is 386 g/mol. The maximum absolute atomic E-state index is 12.7. The van der Waals surface area contributed by atoms with Crippen molar-refractivity contribution in [2.24, 2.45) is 0 Å². The number of likely N-dealkylation sites (tertiary alicyclic amines) is 1. The second kappa shape index (κ2) is 7.64. The first-order valence-corrected chi connectivity index (χ1v) is 10.1. The molecule has 0 aromatic carbocycles. The van der Waals surface area contributed by atoms with E-state index < -0.39 is 0 Å². The summed E-state index contributed by atoms with van der Waals surface area (Å²) in [6, 6.07) is 3.93. The zero-order valence-electron chi connectivity index (χ0n) is 15.5. The lowest BCUT2D eigenvalue weighted by molar-refractivity contribution is -0.132. The van der Waals surface area contributed by atoms with Crippen molar-refractivity contribution in [1.29, 1.82) is 0 Å². The average Bonchev–Trinajstić information content (AvgIpc) is 3.42. The molecule has 0 saturated carbocycles. The van der Waals surface area contributed by atoms with Gasteiger partial charge in [-0.05, 0) is 44.6 Å². The van der Waals surface area contributed by atoms with Crippen LogP contribution in [0.1, 0.15) is 48.1 Å². The lowest BCUT2D eigenvalue weighted by Gasteiger charge is -2.31. The van der Waals surface area contributed by atoms with Crippen molar-refractivity contribution in [2.45, 2.75) is 45.4 Å². The van der Waals surface area contributed by atoms with Gasteiger partial charge in [-0.1, -0.05) is 11.2 Å². The maximum Gasteiger partial charge on any atom is 0.257 e. The van der Waals surface area contributed by atoms with E-state index in [9.17, 15) is 4.79 Å². The molecule has 27 heavy (non-hydrogen) atoms. The molecular formula is C19H22N4O3S. The van der Waals surface area contributed by atoms with Gasteiger partial charge in [-0.3, -0.25) is 4.79 Å². The molecule has 4 rings (SSSR count). The molecule has 0 aliphatic carbocycles. The summed E-state index contributed by atoms with van der Waals surface area (Å²) in [6.07, 6.45) is 3.02. The Kier molecular flexibility index (Phi) is 5.07. The minimum Gasteiger partial charge on any atom is -0.420 e. The molecule has 0 N–H and O–H groups in total. The van der Waals surface area contributed by atoms with Gasteiger partial charge in [-0.2, -0.15) is 0 Å². The smallest absolute Gasteiger partial charge is 0.257 e. The van der Waals surface area contributed by atoms with Gasteiger partial charge in [-0.15, -0.1) is 21.5 Å². The standard InChI is InChI=1S/C19H22N4O3S/c1-12-15(13(2)26-22-12)7-8-17(24)23-9-3-5-14(11-23)18-20-21-19(25-18)16-6-4-10-27-16/h4,6,10,14H,3,5,7-9,11H2,1-2H3/t14-/m0/s1. The van der Waals surface area contributed by atoms with Crippen molar-refractivity contribution in [1.82, 2.24) is 20.3 Å². The van der Waals surface area contributed by atoms with Crippen molar-refractivity contribution in [2.75, 3.05) is 13.1 Å². The van der Waals surface area contributed by atoms with Crippen LogP contribution >= 0.6 is 11.3 Å². The molecule has 0 unspecified atom stereocenters. The number of carbonyl (C=O) groups is 1.